The van der Waals surface area contributed by atoms with E-state index in [1.54, 1.807) is 23.0 Å². The molecule has 0 radical (unpaired) electrons. The van der Waals surface area contributed by atoms with Gasteiger partial charge in [-0.1, -0.05) is 18.2 Å². The highest BCUT2D eigenvalue weighted by molar-refractivity contribution is 5.85. The number of pyridine rings is 2. The molecule has 7 heteroatoms. The maximum atomic E-state index is 13.6. The second kappa shape index (κ2) is 8.44. The van der Waals surface area contributed by atoms with Gasteiger partial charge in [0.05, 0.1) is 24.8 Å². The highest BCUT2D eigenvalue weighted by atomic mass is 16.5. The predicted molar refractivity (Wildman–Crippen MR) is 116 cm³/mol. The molecule has 156 valence electrons. The van der Waals surface area contributed by atoms with Gasteiger partial charge in [-0.05, 0) is 43.2 Å². The lowest BCUT2D eigenvalue weighted by molar-refractivity contribution is 0.340. The van der Waals surface area contributed by atoms with Gasteiger partial charge in [0, 0.05) is 30.1 Å². The number of aromatic nitrogens is 2. The number of aryl methyl sites for hydroxylation is 1. The zero-order valence-corrected chi connectivity index (χ0v) is 17.3. The van der Waals surface area contributed by atoms with Gasteiger partial charge < -0.3 is 14.0 Å². The highest BCUT2D eigenvalue weighted by Crippen LogP contribution is 2.41. The molecule has 1 aliphatic rings. The fourth-order valence-electron chi connectivity index (χ4n) is 3.93. The summed E-state index contributed by atoms with van der Waals surface area (Å²) in [4.78, 5) is 17.7. The van der Waals surface area contributed by atoms with Crippen molar-refractivity contribution < 1.29 is 9.47 Å². The molecule has 4 rings (SSSR count). The minimum Gasteiger partial charge on any atom is -0.494 e. The summed E-state index contributed by atoms with van der Waals surface area (Å²) in [6, 6.07) is 15.0. The molecule has 2 atom stereocenters. The second-order valence-corrected chi connectivity index (χ2v) is 7.37. The van der Waals surface area contributed by atoms with Crippen LogP contribution in [0.15, 0.2) is 59.7 Å². The Morgan fingerprint density at radius 2 is 2.06 bits per heavy atom. The van der Waals surface area contributed by atoms with Crippen molar-refractivity contribution in [2.75, 3.05) is 6.61 Å². The molecule has 0 amide bonds. The lowest BCUT2D eigenvalue weighted by atomic mass is 9.79. The van der Waals surface area contributed by atoms with Crippen LogP contribution in [0.4, 0.5) is 0 Å². The summed E-state index contributed by atoms with van der Waals surface area (Å²) in [5, 5.41) is 18.0. The number of fused-ring (bicyclic) bond motifs is 1. The third-order valence-corrected chi connectivity index (χ3v) is 5.41. The quantitative estimate of drug-likeness (QED) is 0.687. The van der Waals surface area contributed by atoms with E-state index in [-0.39, 0.29) is 11.5 Å². The average Bonchev–Trinajstić information content (AvgIpc) is 2.77. The van der Waals surface area contributed by atoms with Crippen molar-refractivity contribution in [1.29, 1.82) is 10.7 Å². The summed E-state index contributed by atoms with van der Waals surface area (Å²) in [6.07, 6.45) is 3.41. The molecule has 0 saturated heterocycles. The monoisotopic (exact) mass is 414 g/mol. The van der Waals surface area contributed by atoms with E-state index >= 15 is 0 Å². The molecular weight excluding hydrogens is 392 g/mol. The molecule has 0 spiro atoms. The lowest BCUT2D eigenvalue weighted by Gasteiger charge is -2.30. The maximum Gasteiger partial charge on any atom is 0.258 e. The van der Waals surface area contributed by atoms with E-state index in [4.69, 9.17) is 14.9 Å². The number of nitrogens with one attached hydrogen (secondary N) is 1. The van der Waals surface area contributed by atoms with E-state index in [9.17, 15) is 10.1 Å². The van der Waals surface area contributed by atoms with Gasteiger partial charge in [0.1, 0.15) is 17.4 Å². The summed E-state index contributed by atoms with van der Waals surface area (Å²) >= 11 is 0. The van der Waals surface area contributed by atoms with Crippen LogP contribution in [0.1, 0.15) is 35.2 Å². The highest BCUT2D eigenvalue weighted by Gasteiger charge is 2.39. The number of nitriles is 1. The summed E-state index contributed by atoms with van der Waals surface area (Å²) in [5.41, 5.74) is 2.53. The van der Waals surface area contributed by atoms with E-state index < -0.39 is 11.8 Å². The normalized spacial score (nSPS) is 17.4. The van der Waals surface area contributed by atoms with Gasteiger partial charge in [-0.15, -0.1) is 0 Å². The van der Waals surface area contributed by atoms with Crippen LogP contribution in [0.5, 0.6) is 11.5 Å². The van der Waals surface area contributed by atoms with Crippen LogP contribution in [-0.4, -0.2) is 22.1 Å². The number of hydrogen-bond donors (Lipinski definition) is 1. The molecule has 1 aromatic carbocycles. The van der Waals surface area contributed by atoms with Crippen molar-refractivity contribution in [2.24, 2.45) is 5.92 Å². The van der Waals surface area contributed by atoms with Gasteiger partial charge in [0.15, 0.2) is 0 Å². The summed E-state index contributed by atoms with van der Waals surface area (Å²) in [6.45, 7) is 4.63. The zero-order chi connectivity index (χ0) is 22.0. The molecule has 3 heterocycles. The average molecular weight is 414 g/mol. The van der Waals surface area contributed by atoms with E-state index in [2.05, 4.69) is 11.1 Å². The fourth-order valence-corrected chi connectivity index (χ4v) is 3.93. The van der Waals surface area contributed by atoms with Crippen molar-refractivity contribution in [3.05, 3.63) is 87.6 Å². The topological polar surface area (TPSA) is 101 Å². The Morgan fingerprint density at radius 3 is 2.71 bits per heavy atom. The van der Waals surface area contributed by atoms with Crippen LogP contribution in [0.3, 0.4) is 0 Å². The van der Waals surface area contributed by atoms with Crippen molar-refractivity contribution in [3.63, 3.8) is 0 Å². The van der Waals surface area contributed by atoms with Crippen molar-refractivity contribution in [2.45, 2.75) is 26.3 Å². The lowest BCUT2D eigenvalue weighted by Crippen LogP contribution is -2.38. The third-order valence-electron chi connectivity index (χ3n) is 5.41. The number of nitrogens with zero attached hydrogens (tertiary/aromatic N) is 3. The molecule has 1 N–H and O–H groups in total. The maximum absolute atomic E-state index is 13.6. The van der Waals surface area contributed by atoms with E-state index in [1.165, 1.54) is 0 Å². The molecule has 3 aromatic rings. The fraction of sp³-hybridized carbons (Fsp3) is 0.250. The van der Waals surface area contributed by atoms with E-state index in [0.717, 1.165) is 11.1 Å². The molecule has 2 unspecified atom stereocenters. The summed E-state index contributed by atoms with van der Waals surface area (Å²) in [7, 11) is 0. The molecule has 0 fully saturated rings. The Morgan fingerprint density at radius 1 is 1.29 bits per heavy atom. The number of benzene rings is 1. The first-order chi connectivity index (χ1) is 15.0. The molecule has 31 heavy (non-hydrogen) atoms. The second-order valence-electron chi connectivity index (χ2n) is 7.37. The molecule has 7 nitrogen and oxygen atoms in total. The molecule has 1 aliphatic heterocycles. The van der Waals surface area contributed by atoms with Crippen molar-refractivity contribution >= 4 is 5.90 Å². The first kappa shape index (κ1) is 20.4. The summed E-state index contributed by atoms with van der Waals surface area (Å²) < 4.78 is 12.8. The first-order valence-corrected chi connectivity index (χ1v) is 10.1. The van der Waals surface area contributed by atoms with Crippen LogP contribution in [0, 0.1) is 29.6 Å². The van der Waals surface area contributed by atoms with Crippen LogP contribution < -0.4 is 15.0 Å². The van der Waals surface area contributed by atoms with E-state index in [0.29, 0.717) is 35.9 Å². The molecule has 2 aromatic heterocycles. The van der Waals surface area contributed by atoms with Gasteiger partial charge in [0.2, 0.25) is 5.90 Å². The van der Waals surface area contributed by atoms with Crippen LogP contribution >= 0.6 is 0 Å². The third kappa shape index (κ3) is 3.80. The van der Waals surface area contributed by atoms with Crippen molar-refractivity contribution in [3.8, 4) is 17.6 Å². The van der Waals surface area contributed by atoms with Gasteiger partial charge >= 0.3 is 0 Å². The molecule has 0 aliphatic carbocycles. The molecule has 0 bridgehead atoms. The Labute approximate surface area is 180 Å². The minimum absolute atomic E-state index is 0.155. The zero-order valence-electron chi connectivity index (χ0n) is 17.3. The number of ether oxygens (including phenoxy) is 2. The number of rotatable bonds is 5. The minimum atomic E-state index is -0.896. The Balaban J connectivity index is 1.86. The standard InChI is InChI=1S/C24H22N4O3/c1-3-30-18-8-6-17(7-9-18)21-19(12-25)23(26)31-20-11-15(2)28(24(29)22(20)21)14-16-5-4-10-27-13-16/h4-11,13,19,21,26H,3,14H2,1-2H3. The molecular formula is C24H22N4O3. The Hall–Kier alpha value is -3.92. The first-order valence-electron chi connectivity index (χ1n) is 10.1. The number of hydrogen-bond acceptors (Lipinski definition) is 6. The molecule has 0 saturated carbocycles. The van der Waals surface area contributed by atoms with E-state index in [1.807, 2.05) is 50.2 Å². The Kier molecular flexibility index (Phi) is 5.54. The van der Waals surface area contributed by atoms with Gasteiger partial charge in [-0.25, -0.2) is 0 Å². The van der Waals surface area contributed by atoms with Crippen LogP contribution in [0.25, 0.3) is 0 Å². The van der Waals surface area contributed by atoms with Gasteiger partial charge in [-0.2, -0.15) is 5.26 Å². The van der Waals surface area contributed by atoms with Crippen LogP contribution in [0.2, 0.25) is 0 Å². The largest absolute Gasteiger partial charge is 0.494 e. The predicted octanol–water partition coefficient (Wildman–Crippen LogP) is 3.64. The van der Waals surface area contributed by atoms with Gasteiger partial charge in [0.25, 0.3) is 5.56 Å². The van der Waals surface area contributed by atoms with Gasteiger partial charge in [-0.3, -0.25) is 15.2 Å². The SMILES string of the molecule is CCOc1ccc(C2c3c(cc(C)n(Cc4cccnc4)c3=O)OC(=N)C2C#N)cc1. The summed E-state index contributed by atoms with van der Waals surface area (Å²) in [5.74, 6) is -0.615. The smallest absolute Gasteiger partial charge is 0.258 e. The Bertz CT molecular complexity index is 1210. The van der Waals surface area contributed by atoms with Crippen molar-refractivity contribution in [1.82, 2.24) is 9.55 Å². The van der Waals surface area contributed by atoms with Crippen LogP contribution in [-0.2, 0) is 6.54 Å².